The molecule has 1 aromatic rings. The fourth-order valence-electron chi connectivity index (χ4n) is 1.48. The van der Waals surface area contributed by atoms with Crippen LogP contribution in [0.3, 0.4) is 0 Å². The zero-order chi connectivity index (χ0) is 12.8. The van der Waals surface area contributed by atoms with E-state index in [2.05, 4.69) is 26.6 Å². The average molecular weight is 299 g/mol. The molecule has 0 saturated heterocycles. The summed E-state index contributed by atoms with van der Waals surface area (Å²) in [5.41, 5.74) is 0.909. The first kappa shape index (κ1) is 13.7. The van der Waals surface area contributed by atoms with E-state index in [1.165, 1.54) is 6.92 Å². The monoisotopic (exact) mass is 298 g/mol. The normalized spacial score (nSPS) is 11.7. The van der Waals surface area contributed by atoms with E-state index in [1.807, 2.05) is 24.3 Å². The van der Waals surface area contributed by atoms with Crippen molar-refractivity contribution < 1.29 is 9.59 Å². The molecule has 17 heavy (non-hydrogen) atoms. The van der Waals surface area contributed by atoms with E-state index >= 15 is 0 Å². The van der Waals surface area contributed by atoms with Gasteiger partial charge in [0.2, 0.25) is 11.8 Å². The van der Waals surface area contributed by atoms with Crippen LogP contribution in [0.1, 0.15) is 24.9 Å². The zero-order valence-electron chi connectivity index (χ0n) is 9.79. The minimum Gasteiger partial charge on any atom is -0.359 e. The Hall–Kier alpha value is -1.36. The van der Waals surface area contributed by atoms with Crippen LogP contribution in [0, 0.1) is 0 Å². The van der Waals surface area contributed by atoms with Crippen LogP contribution in [0.25, 0.3) is 0 Å². The lowest BCUT2D eigenvalue weighted by molar-refractivity contribution is -0.122. The third kappa shape index (κ3) is 4.56. The first-order chi connectivity index (χ1) is 8.02. The van der Waals surface area contributed by atoms with Gasteiger partial charge in [-0.1, -0.05) is 28.1 Å². The molecule has 1 aromatic carbocycles. The summed E-state index contributed by atoms with van der Waals surface area (Å²) in [6.45, 7) is 1.44. The number of carbonyl (C=O) groups is 2. The molecular weight excluding hydrogens is 284 g/mol. The second-order valence-electron chi connectivity index (χ2n) is 3.68. The highest BCUT2D eigenvalue weighted by Gasteiger charge is 2.16. The molecule has 0 spiro atoms. The molecule has 0 fully saturated rings. The predicted octanol–water partition coefficient (Wildman–Crippen LogP) is 1.76. The SMILES string of the molecule is CNC(=O)C[C@H](NC(C)=O)c1ccc(Br)cc1. The Bertz CT molecular complexity index is 403. The molecule has 5 heteroatoms. The van der Waals surface area contributed by atoms with E-state index in [4.69, 9.17) is 0 Å². The van der Waals surface area contributed by atoms with E-state index in [-0.39, 0.29) is 24.3 Å². The topological polar surface area (TPSA) is 58.2 Å². The molecule has 1 rings (SSSR count). The maximum Gasteiger partial charge on any atom is 0.222 e. The standard InChI is InChI=1S/C12H15BrN2O2/c1-8(16)15-11(7-12(17)14-2)9-3-5-10(13)6-4-9/h3-6,11H,7H2,1-2H3,(H,14,17)(H,15,16)/t11-/m0/s1. The number of carbonyl (C=O) groups excluding carboxylic acids is 2. The van der Waals surface area contributed by atoms with Crippen LogP contribution in [0.4, 0.5) is 0 Å². The third-order valence-electron chi connectivity index (χ3n) is 2.32. The molecule has 0 radical (unpaired) electrons. The maximum absolute atomic E-state index is 11.4. The van der Waals surface area contributed by atoms with Gasteiger partial charge in [0.05, 0.1) is 12.5 Å². The van der Waals surface area contributed by atoms with Gasteiger partial charge in [-0.25, -0.2) is 0 Å². The van der Waals surface area contributed by atoms with E-state index in [9.17, 15) is 9.59 Å². The van der Waals surface area contributed by atoms with Crippen LogP contribution in [0.2, 0.25) is 0 Å². The summed E-state index contributed by atoms with van der Waals surface area (Å²) in [5.74, 6) is -0.256. The van der Waals surface area contributed by atoms with Gasteiger partial charge >= 0.3 is 0 Å². The molecule has 1 atom stereocenters. The molecule has 0 aliphatic rings. The van der Waals surface area contributed by atoms with Gasteiger partial charge in [-0.2, -0.15) is 0 Å². The highest BCUT2D eigenvalue weighted by atomic mass is 79.9. The Labute approximate surface area is 109 Å². The smallest absolute Gasteiger partial charge is 0.222 e. The summed E-state index contributed by atoms with van der Waals surface area (Å²) < 4.78 is 0.961. The van der Waals surface area contributed by atoms with Crippen molar-refractivity contribution in [2.24, 2.45) is 0 Å². The summed E-state index contributed by atoms with van der Waals surface area (Å²) in [7, 11) is 1.58. The van der Waals surface area contributed by atoms with Gasteiger partial charge in [-0.05, 0) is 17.7 Å². The van der Waals surface area contributed by atoms with Crippen LogP contribution in [0.5, 0.6) is 0 Å². The quantitative estimate of drug-likeness (QED) is 0.890. The van der Waals surface area contributed by atoms with Gasteiger partial charge in [-0.15, -0.1) is 0 Å². The van der Waals surface area contributed by atoms with Gasteiger partial charge in [0.25, 0.3) is 0 Å². The maximum atomic E-state index is 11.4. The number of nitrogens with one attached hydrogen (secondary N) is 2. The molecule has 0 unspecified atom stereocenters. The van der Waals surface area contributed by atoms with Crippen molar-refractivity contribution in [3.8, 4) is 0 Å². The molecule has 4 nitrogen and oxygen atoms in total. The summed E-state index contributed by atoms with van der Waals surface area (Å²) in [6.07, 6.45) is 0.234. The minimum absolute atomic E-state index is 0.105. The Morgan fingerprint density at radius 2 is 1.88 bits per heavy atom. The lowest BCUT2D eigenvalue weighted by Crippen LogP contribution is -2.31. The van der Waals surface area contributed by atoms with Crippen LogP contribution < -0.4 is 10.6 Å². The van der Waals surface area contributed by atoms with Crippen LogP contribution in [-0.2, 0) is 9.59 Å². The molecule has 0 heterocycles. The predicted molar refractivity (Wildman–Crippen MR) is 69.4 cm³/mol. The Morgan fingerprint density at radius 1 is 1.29 bits per heavy atom. The van der Waals surface area contributed by atoms with E-state index in [1.54, 1.807) is 7.05 Å². The zero-order valence-corrected chi connectivity index (χ0v) is 11.4. The third-order valence-corrected chi connectivity index (χ3v) is 2.85. The molecule has 92 valence electrons. The Kier molecular flexibility index (Phi) is 5.15. The minimum atomic E-state index is -0.291. The van der Waals surface area contributed by atoms with Crippen molar-refractivity contribution >= 4 is 27.7 Å². The lowest BCUT2D eigenvalue weighted by Gasteiger charge is -2.17. The van der Waals surface area contributed by atoms with Crippen molar-refractivity contribution in [3.05, 3.63) is 34.3 Å². The second-order valence-corrected chi connectivity index (χ2v) is 4.60. The number of amides is 2. The summed E-state index contributed by atoms with van der Waals surface area (Å²) in [4.78, 5) is 22.5. The van der Waals surface area contributed by atoms with Gasteiger partial charge in [0.1, 0.15) is 0 Å². The van der Waals surface area contributed by atoms with Crippen molar-refractivity contribution in [3.63, 3.8) is 0 Å². The summed E-state index contributed by atoms with van der Waals surface area (Å²) in [5, 5.41) is 5.32. The van der Waals surface area contributed by atoms with E-state index in [0.717, 1.165) is 10.0 Å². The fourth-order valence-corrected chi connectivity index (χ4v) is 1.74. The molecule has 2 N–H and O–H groups in total. The Balaban J connectivity index is 2.85. The lowest BCUT2D eigenvalue weighted by atomic mass is 10.0. The molecule has 0 aromatic heterocycles. The number of rotatable bonds is 4. The average Bonchev–Trinajstić information content (AvgIpc) is 2.28. The van der Waals surface area contributed by atoms with Crippen molar-refractivity contribution in [2.45, 2.75) is 19.4 Å². The number of hydrogen-bond acceptors (Lipinski definition) is 2. The molecule has 0 saturated carbocycles. The summed E-state index contributed by atoms with van der Waals surface area (Å²) in [6, 6.07) is 7.24. The second kappa shape index (κ2) is 6.39. The van der Waals surface area contributed by atoms with Crippen molar-refractivity contribution in [1.29, 1.82) is 0 Å². The van der Waals surface area contributed by atoms with Crippen molar-refractivity contribution in [2.75, 3.05) is 7.05 Å². The van der Waals surface area contributed by atoms with Gasteiger partial charge in [0.15, 0.2) is 0 Å². The molecule has 2 amide bonds. The fraction of sp³-hybridized carbons (Fsp3) is 0.333. The van der Waals surface area contributed by atoms with Gasteiger partial charge in [0, 0.05) is 18.4 Å². The molecular formula is C12H15BrN2O2. The number of benzene rings is 1. The Morgan fingerprint density at radius 3 is 2.35 bits per heavy atom. The van der Waals surface area contributed by atoms with Crippen LogP contribution in [-0.4, -0.2) is 18.9 Å². The number of halogens is 1. The molecule has 0 aliphatic carbocycles. The van der Waals surface area contributed by atoms with E-state index < -0.39 is 0 Å². The first-order valence-electron chi connectivity index (χ1n) is 5.26. The van der Waals surface area contributed by atoms with Gasteiger partial charge < -0.3 is 10.6 Å². The summed E-state index contributed by atoms with van der Waals surface area (Å²) >= 11 is 3.34. The van der Waals surface area contributed by atoms with E-state index in [0.29, 0.717) is 0 Å². The first-order valence-corrected chi connectivity index (χ1v) is 6.05. The molecule has 0 aliphatic heterocycles. The molecule has 0 bridgehead atoms. The number of hydrogen-bond donors (Lipinski definition) is 2. The van der Waals surface area contributed by atoms with Crippen LogP contribution in [0.15, 0.2) is 28.7 Å². The largest absolute Gasteiger partial charge is 0.359 e. The highest BCUT2D eigenvalue weighted by molar-refractivity contribution is 9.10. The van der Waals surface area contributed by atoms with Crippen LogP contribution >= 0.6 is 15.9 Å². The highest BCUT2D eigenvalue weighted by Crippen LogP contribution is 2.19. The van der Waals surface area contributed by atoms with Crippen molar-refractivity contribution in [1.82, 2.24) is 10.6 Å². The van der Waals surface area contributed by atoms with Gasteiger partial charge in [-0.3, -0.25) is 9.59 Å².